The van der Waals surface area contributed by atoms with E-state index in [4.69, 9.17) is 5.11 Å². The van der Waals surface area contributed by atoms with Crippen molar-refractivity contribution in [2.24, 2.45) is 0 Å². The van der Waals surface area contributed by atoms with Crippen LogP contribution < -0.4 is 5.32 Å². The maximum absolute atomic E-state index is 9.97. The SMILES string of the molecule is CC.CC.O=CNc1ccc(CO)cc1.[HH]. The highest BCUT2D eigenvalue weighted by atomic mass is 16.3. The number of amides is 1. The summed E-state index contributed by atoms with van der Waals surface area (Å²) < 4.78 is 0. The molecule has 0 bridgehead atoms. The van der Waals surface area contributed by atoms with Crippen LogP contribution in [0.1, 0.15) is 34.7 Å². The summed E-state index contributed by atoms with van der Waals surface area (Å²) >= 11 is 0. The Balaban J connectivity index is -0.000000305. The van der Waals surface area contributed by atoms with Gasteiger partial charge in [0.1, 0.15) is 0 Å². The number of rotatable bonds is 3. The molecule has 1 aromatic rings. The molecule has 0 spiro atoms. The fourth-order valence-corrected chi connectivity index (χ4v) is 0.774. The highest BCUT2D eigenvalue weighted by molar-refractivity contribution is 5.70. The molecule has 0 unspecified atom stereocenters. The van der Waals surface area contributed by atoms with Gasteiger partial charge < -0.3 is 10.4 Å². The first kappa shape index (κ1) is 16.1. The summed E-state index contributed by atoms with van der Waals surface area (Å²) in [6.07, 6.45) is 0.619. The summed E-state index contributed by atoms with van der Waals surface area (Å²) in [6, 6.07) is 6.98. The van der Waals surface area contributed by atoms with E-state index in [1.165, 1.54) is 0 Å². The summed E-state index contributed by atoms with van der Waals surface area (Å²) in [6.45, 7) is 8.03. The summed E-state index contributed by atoms with van der Waals surface area (Å²) in [7, 11) is 0. The van der Waals surface area contributed by atoms with E-state index in [2.05, 4.69) is 5.32 Å². The molecular weight excluding hydrogens is 190 g/mol. The first-order valence-electron chi connectivity index (χ1n) is 5.27. The van der Waals surface area contributed by atoms with E-state index in [0.717, 1.165) is 11.3 Å². The molecular formula is C12H23NO2. The van der Waals surface area contributed by atoms with E-state index in [-0.39, 0.29) is 8.03 Å². The van der Waals surface area contributed by atoms with Crippen LogP contribution in [-0.2, 0) is 11.4 Å². The maximum atomic E-state index is 9.97. The van der Waals surface area contributed by atoms with Crippen molar-refractivity contribution in [3.8, 4) is 0 Å². The zero-order valence-electron chi connectivity index (χ0n) is 9.95. The van der Waals surface area contributed by atoms with Gasteiger partial charge in [-0.1, -0.05) is 39.8 Å². The van der Waals surface area contributed by atoms with Gasteiger partial charge in [-0.25, -0.2) is 0 Å². The van der Waals surface area contributed by atoms with Crippen LogP contribution in [0.15, 0.2) is 24.3 Å². The van der Waals surface area contributed by atoms with E-state index in [1.54, 1.807) is 24.3 Å². The zero-order chi connectivity index (χ0) is 12.1. The minimum Gasteiger partial charge on any atom is -0.392 e. The minimum atomic E-state index is 0. The number of nitrogens with one attached hydrogen (secondary N) is 1. The lowest BCUT2D eigenvalue weighted by Crippen LogP contribution is -1.93. The highest BCUT2D eigenvalue weighted by Crippen LogP contribution is 2.07. The molecule has 2 N–H and O–H groups in total. The maximum Gasteiger partial charge on any atom is 0.211 e. The van der Waals surface area contributed by atoms with Crippen molar-refractivity contribution in [3.05, 3.63) is 29.8 Å². The number of aliphatic hydroxyl groups excluding tert-OH is 1. The van der Waals surface area contributed by atoms with Crippen LogP contribution in [-0.4, -0.2) is 11.5 Å². The summed E-state index contributed by atoms with van der Waals surface area (Å²) in [4.78, 5) is 9.97. The van der Waals surface area contributed by atoms with Gasteiger partial charge in [-0.05, 0) is 17.7 Å². The third-order valence-corrected chi connectivity index (χ3v) is 1.36. The van der Waals surface area contributed by atoms with Gasteiger partial charge in [0.2, 0.25) is 6.41 Å². The molecule has 1 rings (SSSR count). The molecule has 0 heterocycles. The predicted octanol–water partition coefficient (Wildman–Crippen LogP) is 3.05. The molecule has 0 fully saturated rings. The van der Waals surface area contributed by atoms with Crippen LogP contribution in [0.2, 0.25) is 0 Å². The first-order valence-corrected chi connectivity index (χ1v) is 5.27. The Morgan fingerprint density at radius 1 is 1.20 bits per heavy atom. The average Bonchev–Trinajstić information content (AvgIpc) is 2.36. The third kappa shape index (κ3) is 7.70. The molecule has 88 valence electrons. The van der Waals surface area contributed by atoms with Crippen LogP contribution in [0.25, 0.3) is 0 Å². The van der Waals surface area contributed by atoms with E-state index in [1.807, 2.05) is 27.7 Å². The zero-order valence-corrected chi connectivity index (χ0v) is 9.95. The second-order valence-electron chi connectivity index (χ2n) is 2.12. The lowest BCUT2D eigenvalue weighted by molar-refractivity contribution is -0.105. The Kier molecular flexibility index (Phi) is 13.6. The Morgan fingerprint density at radius 2 is 1.67 bits per heavy atom. The first-order chi connectivity index (χ1) is 7.36. The van der Waals surface area contributed by atoms with Crippen molar-refractivity contribution in [3.63, 3.8) is 0 Å². The largest absolute Gasteiger partial charge is 0.392 e. The van der Waals surface area contributed by atoms with Crippen molar-refractivity contribution < 1.29 is 11.3 Å². The quantitative estimate of drug-likeness (QED) is 0.758. The van der Waals surface area contributed by atoms with Gasteiger partial charge in [-0.3, -0.25) is 4.79 Å². The lowest BCUT2D eigenvalue weighted by Gasteiger charge is -1.98. The number of hydrogen-bond acceptors (Lipinski definition) is 2. The molecule has 0 atom stereocenters. The number of benzene rings is 1. The molecule has 0 aliphatic carbocycles. The van der Waals surface area contributed by atoms with Crippen molar-refractivity contribution >= 4 is 12.1 Å². The van der Waals surface area contributed by atoms with Crippen molar-refractivity contribution in [2.45, 2.75) is 34.3 Å². The summed E-state index contributed by atoms with van der Waals surface area (Å²) in [5.74, 6) is 0. The van der Waals surface area contributed by atoms with Gasteiger partial charge in [0.15, 0.2) is 0 Å². The number of carbonyl (C=O) groups excluding carboxylic acids is 1. The van der Waals surface area contributed by atoms with E-state index in [0.29, 0.717) is 6.41 Å². The topological polar surface area (TPSA) is 49.3 Å². The fraction of sp³-hybridized carbons (Fsp3) is 0.417. The molecule has 3 nitrogen and oxygen atoms in total. The van der Waals surface area contributed by atoms with E-state index in [9.17, 15) is 4.79 Å². The van der Waals surface area contributed by atoms with Gasteiger partial charge in [0, 0.05) is 7.11 Å². The lowest BCUT2D eigenvalue weighted by atomic mass is 10.2. The number of aliphatic hydroxyl groups is 1. The monoisotopic (exact) mass is 213 g/mol. The second kappa shape index (κ2) is 12.7. The summed E-state index contributed by atoms with van der Waals surface area (Å²) in [5, 5.41) is 11.2. The van der Waals surface area contributed by atoms with Gasteiger partial charge in [-0.2, -0.15) is 0 Å². The molecule has 3 heteroatoms. The Labute approximate surface area is 93.6 Å². The molecule has 1 aromatic carbocycles. The molecule has 15 heavy (non-hydrogen) atoms. The fourth-order valence-electron chi connectivity index (χ4n) is 0.774. The molecule has 0 radical (unpaired) electrons. The van der Waals surface area contributed by atoms with Gasteiger partial charge in [-0.15, -0.1) is 0 Å². The van der Waals surface area contributed by atoms with Crippen LogP contribution in [0.4, 0.5) is 5.69 Å². The van der Waals surface area contributed by atoms with Crippen LogP contribution in [0.3, 0.4) is 0 Å². The molecule has 1 amide bonds. The molecule has 0 aromatic heterocycles. The van der Waals surface area contributed by atoms with Crippen LogP contribution in [0.5, 0.6) is 0 Å². The van der Waals surface area contributed by atoms with Crippen molar-refractivity contribution in [2.75, 3.05) is 5.32 Å². The standard InChI is InChI=1S/C8H9NO2.2C2H6.H2/c10-5-7-1-3-8(4-2-7)9-6-11;2*1-2;/h1-4,6,10H,5H2,(H,9,11);2*1-2H3;1H. The molecule has 0 aliphatic heterocycles. The van der Waals surface area contributed by atoms with E-state index < -0.39 is 0 Å². The predicted molar refractivity (Wildman–Crippen MR) is 66.9 cm³/mol. The number of carbonyl (C=O) groups is 1. The van der Waals surface area contributed by atoms with Crippen LogP contribution >= 0.6 is 0 Å². The summed E-state index contributed by atoms with van der Waals surface area (Å²) in [5.41, 5.74) is 1.57. The molecule has 0 saturated carbocycles. The third-order valence-electron chi connectivity index (χ3n) is 1.36. The smallest absolute Gasteiger partial charge is 0.211 e. The van der Waals surface area contributed by atoms with E-state index >= 15 is 0 Å². The minimum absolute atomic E-state index is 0. The molecule has 0 saturated heterocycles. The van der Waals surface area contributed by atoms with Gasteiger partial charge >= 0.3 is 0 Å². The Morgan fingerprint density at radius 3 is 2.00 bits per heavy atom. The van der Waals surface area contributed by atoms with Gasteiger partial charge in [0.25, 0.3) is 0 Å². The Hall–Kier alpha value is -1.35. The second-order valence-corrected chi connectivity index (χ2v) is 2.12. The molecule has 0 aliphatic rings. The number of hydrogen-bond donors (Lipinski definition) is 2. The number of anilines is 1. The average molecular weight is 213 g/mol. The normalized spacial score (nSPS) is 7.53. The Bertz CT molecular complexity index is 237. The van der Waals surface area contributed by atoms with Crippen molar-refractivity contribution in [1.82, 2.24) is 0 Å². The van der Waals surface area contributed by atoms with Crippen molar-refractivity contribution in [1.29, 1.82) is 0 Å². The van der Waals surface area contributed by atoms with Crippen LogP contribution in [0, 0.1) is 0 Å². The highest BCUT2D eigenvalue weighted by Gasteiger charge is 1.90. The van der Waals surface area contributed by atoms with Gasteiger partial charge in [0.05, 0.1) is 6.61 Å².